The van der Waals surface area contributed by atoms with E-state index in [0.29, 0.717) is 12.2 Å². The van der Waals surface area contributed by atoms with Crippen molar-refractivity contribution in [2.75, 3.05) is 17.2 Å². The summed E-state index contributed by atoms with van der Waals surface area (Å²) in [5.41, 5.74) is 7.24. The van der Waals surface area contributed by atoms with Gasteiger partial charge in [0.25, 0.3) is 0 Å². The number of rotatable bonds is 3. The number of nitrogen functional groups attached to an aromatic ring is 1. The quantitative estimate of drug-likeness (QED) is 0.771. The zero-order valence-electron chi connectivity index (χ0n) is 9.53. The lowest BCUT2D eigenvalue weighted by Gasteiger charge is -2.23. The highest BCUT2D eigenvalue weighted by molar-refractivity contribution is 5.94. The second kappa shape index (κ2) is 4.82. The summed E-state index contributed by atoms with van der Waals surface area (Å²) in [4.78, 5) is 13.6. The Morgan fingerprint density at radius 1 is 1.47 bits per heavy atom. The van der Waals surface area contributed by atoms with Crippen molar-refractivity contribution in [2.24, 2.45) is 5.92 Å². The van der Waals surface area contributed by atoms with Gasteiger partial charge in [0, 0.05) is 23.8 Å². The lowest BCUT2D eigenvalue weighted by Crippen LogP contribution is -2.34. The van der Waals surface area contributed by atoms with Gasteiger partial charge in [-0.25, -0.2) is 0 Å². The smallest absolute Gasteiger partial charge is 0.229 e. The second-order valence-electron chi connectivity index (χ2n) is 3.83. The molecule has 0 bridgehead atoms. The van der Waals surface area contributed by atoms with Gasteiger partial charge < -0.3 is 10.6 Å². The van der Waals surface area contributed by atoms with Gasteiger partial charge in [-0.15, -0.1) is 0 Å². The molecule has 1 aromatic carbocycles. The number of nitrogens with two attached hydrogens (primary N) is 1. The van der Waals surface area contributed by atoms with Gasteiger partial charge in [-0.05, 0) is 25.1 Å². The van der Waals surface area contributed by atoms with Crippen LogP contribution in [0.15, 0.2) is 24.3 Å². The topological polar surface area (TPSA) is 46.3 Å². The molecule has 0 saturated heterocycles. The number of nitrogens with zero attached hydrogens (tertiary/aromatic N) is 1. The second-order valence-corrected chi connectivity index (χ2v) is 3.83. The van der Waals surface area contributed by atoms with Crippen LogP contribution in [0.4, 0.5) is 11.4 Å². The summed E-state index contributed by atoms with van der Waals surface area (Å²) in [6.07, 6.45) is 0. The summed E-state index contributed by atoms with van der Waals surface area (Å²) >= 11 is 0. The molecule has 0 aliphatic rings. The summed E-state index contributed by atoms with van der Waals surface area (Å²) in [5, 5.41) is 0. The van der Waals surface area contributed by atoms with Gasteiger partial charge in [0.1, 0.15) is 0 Å². The molecule has 0 aliphatic heterocycles. The Morgan fingerprint density at radius 2 is 2.13 bits per heavy atom. The van der Waals surface area contributed by atoms with Crippen molar-refractivity contribution in [2.45, 2.75) is 20.8 Å². The minimum absolute atomic E-state index is 0.00591. The van der Waals surface area contributed by atoms with Crippen LogP contribution < -0.4 is 10.6 Å². The fraction of sp³-hybridized carbons (Fsp3) is 0.417. The summed E-state index contributed by atoms with van der Waals surface area (Å²) in [6, 6.07) is 7.40. The molecule has 3 heteroatoms. The van der Waals surface area contributed by atoms with Crippen molar-refractivity contribution in [1.29, 1.82) is 0 Å². The van der Waals surface area contributed by atoms with Crippen molar-refractivity contribution >= 4 is 17.3 Å². The predicted molar refractivity (Wildman–Crippen MR) is 63.7 cm³/mol. The molecule has 0 radical (unpaired) electrons. The van der Waals surface area contributed by atoms with Crippen LogP contribution in [0.1, 0.15) is 20.8 Å². The third-order valence-electron chi connectivity index (χ3n) is 2.26. The van der Waals surface area contributed by atoms with Gasteiger partial charge in [-0.3, -0.25) is 4.79 Å². The molecule has 15 heavy (non-hydrogen) atoms. The van der Waals surface area contributed by atoms with E-state index in [1.807, 2.05) is 45.0 Å². The Balaban J connectivity index is 2.97. The van der Waals surface area contributed by atoms with Crippen molar-refractivity contribution < 1.29 is 4.79 Å². The maximum atomic E-state index is 11.9. The monoisotopic (exact) mass is 206 g/mol. The van der Waals surface area contributed by atoms with Crippen LogP contribution in [0.2, 0.25) is 0 Å². The van der Waals surface area contributed by atoms with Gasteiger partial charge in [0.05, 0.1) is 0 Å². The third-order valence-corrected chi connectivity index (χ3v) is 2.26. The van der Waals surface area contributed by atoms with Crippen LogP contribution in [-0.4, -0.2) is 12.5 Å². The molecular formula is C12H18N2O. The van der Waals surface area contributed by atoms with Crippen molar-refractivity contribution in [3.05, 3.63) is 24.3 Å². The van der Waals surface area contributed by atoms with E-state index < -0.39 is 0 Å². The minimum atomic E-state index is 0.00591. The van der Waals surface area contributed by atoms with Gasteiger partial charge in [0.15, 0.2) is 0 Å². The summed E-state index contributed by atoms with van der Waals surface area (Å²) in [6.45, 7) is 6.43. The van der Waals surface area contributed by atoms with Crippen LogP contribution in [0.5, 0.6) is 0 Å². The molecule has 1 amide bonds. The molecule has 0 fully saturated rings. The number of amides is 1. The number of carbonyl (C=O) groups is 1. The SMILES string of the molecule is CCN(C(=O)C(C)C)c1cccc(N)c1. The van der Waals surface area contributed by atoms with Crippen molar-refractivity contribution in [3.8, 4) is 0 Å². The maximum Gasteiger partial charge on any atom is 0.229 e. The summed E-state index contributed by atoms with van der Waals surface area (Å²) in [5.74, 6) is 0.134. The fourth-order valence-corrected chi connectivity index (χ4v) is 1.47. The molecule has 0 spiro atoms. The molecule has 0 atom stereocenters. The third kappa shape index (κ3) is 2.72. The highest BCUT2D eigenvalue weighted by Gasteiger charge is 2.16. The summed E-state index contributed by atoms with van der Waals surface area (Å²) < 4.78 is 0. The first kappa shape index (κ1) is 11.6. The molecule has 2 N–H and O–H groups in total. The van der Waals surface area contributed by atoms with Crippen LogP contribution in [-0.2, 0) is 4.79 Å². The fourth-order valence-electron chi connectivity index (χ4n) is 1.47. The normalized spacial score (nSPS) is 10.4. The number of carbonyl (C=O) groups excluding carboxylic acids is 1. The number of hydrogen-bond donors (Lipinski definition) is 1. The molecule has 3 nitrogen and oxygen atoms in total. The van der Waals surface area contributed by atoms with E-state index >= 15 is 0 Å². The lowest BCUT2D eigenvalue weighted by molar-refractivity contribution is -0.121. The van der Waals surface area contributed by atoms with E-state index in [9.17, 15) is 4.79 Å². The predicted octanol–water partition coefficient (Wildman–Crippen LogP) is 2.28. The molecule has 0 aromatic heterocycles. The van der Waals surface area contributed by atoms with Crippen LogP contribution in [0.3, 0.4) is 0 Å². The standard InChI is InChI=1S/C12H18N2O/c1-4-14(12(15)9(2)3)11-7-5-6-10(13)8-11/h5-9H,4,13H2,1-3H3. The molecule has 0 aliphatic carbocycles. The molecule has 0 heterocycles. The van der Waals surface area contributed by atoms with Gasteiger partial charge in [-0.1, -0.05) is 19.9 Å². The largest absolute Gasteiger partial charge is 0.399 e. The highest BCUT2D eigenvalue weighted by atomic mass is 16.2. The Hall–Kier alpha value is -1.51. The van der Waals surface area contributed by atoms with E-state index in [4.69, 9.17) is 5.73 Å². The highest BCUT2D eigenvalue weighted by Crippen LogP contribution is 2.19. The van der Waals surface area contributed by atoms with E-state index in [1.165, 1.54) is 0 Å². The van der Waals surface area contributed by atoms with Crippen LogP contribution in [0, 0.1) is 5.92 Å². The number of benzene rings is 1. The molecular weight excluding hydrogens is 188 g/mol. The Labute approximate surface area is 90.9 Å². The number of anilines is 2. The Bertz CT molecular complexity index is 347. The zero-order valence-corrected chi connectivity index (χ0v) is 9.53. The first-order chi connectivity index (χ1) is 7.06. The molecule has 0 unspecified atom stereocenters. The van der Waals surface area contributed by atoms with Crippen molar-refractivity contribution in [3.63, 3.8) is 0 Å². The lowest BCUT2D eigenvalue weighted by atomic mass is 10.1. The average molecular weight is 206 g/mol. The zero-order chi connectivity index (χ0) is 11.4. The number of hydrogen-bond acceptors (Lipinski definition) is 2. The Kier molecular flexibility index (Phi) is 3.72. The first-order valence-corrected chi connectivity index (χ1v) is 5.23. The maximum absolute atomic E-state index is 11.9. The minimum Gasteiger partial charge on any atom is -0.399 e. The molecule has 1 rings (SSSR count). The van der Waals surface area contributed by atoms with Gasteiger partial charge >= 0.3 is 0 Å². The van der Waals surface area contributed by atoms with Crippen LogP contribution >= 0.6 is 0 Å². The van der Waals surface area contributed by atoms with E-state index in [1.54, 1.807) is 4.90 Å². The molecule has 82 valence electrons. The average Bonchev–Trinajstić information content (AvgIpc) is 2.18. The van der Waals surface area contributed by atoms with Gasteiger partial charge in [-0.2, -0.15) is 0 Å². The van der Waals surface area contributed by atoms with Gasteiger partial charge in [0.2, 0.25) is 5.91 Å². The van der Waals surface area contributed by atoms with E-state index in [-0.39, 0.29) is 11.8 Å². The molecule has 1 aromatic rings. The molecule has 0 saturated carbocycles. The van der Waals surface area contributed by atoms with E-state index in [2.05, 4.69) is 0 Å². The Morgan fingerprint density at radius 3 is 2.60 bits per heavy atom. The van der Waals surface area contributed by atoms with E-state index in [0.717, 1.165) is 5.69 Å². The van der Waals surface area contributed by atoms with Crippen LogP contribution in [0.25, 0.3) is 0 Å². The first-order valence-electron chi connectivity index (χ1n) is 5.23. The van der Waals surface area contributed by atoms with Crippen molar-refractivity contribution in [1.82, 2.24) is 0 Å². The summed E-state index contributed by atoms with van der Waals surface area (Å²) in [7, 11) is 0.